The summed E-state index contributed by atoms with van der Waals surface area (Å²) in [6.45, 7) is 12.4. The molecule has 0 amide bonds. The smallest absolute Gasteiger partial charge is 0.191 e. The molecule has 0 atom stereocenters. The SMILES string of the molecule is c1coc(CCNC(=NCCCN2CCOCC2)NCCCN2CCOCC2)c1. The van der Waals surface area contributed by atoms with Crippen LogP contribution in [0.1, 0.15) is 18.6 Å². The molecule has 1 aromatic rings. The van der Waals surface area contributed by atoms with Crippen molar-refractivity contribution in [1.82, 2.24) is 20.4 Å². The highest BCUT2D eigenvalue weighted by molar-refractivity contribution is 5.79. The molecule has 2 aliphatic heterocycles. The predicted octanol–water partition coefficient (Wildman–Crippen LogP) is 0.802. The molecule has 2 aliphatic rings. The van der Waals surface area contributed by atoms with Crippen molar-refractivity contribution in [2.75, 3.05) is 85.3 Å². The monoisotopic (exact) mass is 407 g/mol. The molecule has 29 heavy (non-hydrogen) atoms. The molecule has 164 valence electrons. The van der Waals surface area contributed by atoms with Gasteiger partial charge in [0, 0.05) is 58.8 Å². The Balaban J connectivity index is 1.35. The average Bonchev–Trinajstić information content (AvgIpc) is 3.29. The molecule has 8 nitrogen and oxygen atoms in total. The van der Waals surface area contributed by atoms with E-state index in [1.165, 1.54) is 0 Å². The van der Waals surface area contributed by atoms with Gasteiger partial charge in [-0.3, -0.25) is 14.8 Å². The fraction of sp³-hybridized carbons (Fsp3) is 0.762. The number of aliphatic imine (C=N–C) groups is 1. The molecule has 1 aromatic heterocycles. The van der Waals surface area contributed by atoms with Gasteiger partial charge >= 0.3 is 0 Å². The van der Waals surface area contributed by atoms with Crippen molar-refractivity contribution in [3.8, 4) is 0 Å². The molecule has 3 rings (SSSR count). The maximum atomic E-state index is 5.41. The number of rotatable bonds is 11. The Morgan fingerprint density at radius 2 is 1.55 bits per heavy atom. The Morgan fingerprint density at radius 1 is 0.897 bits per heavy atom. The molecule has 8 heteroatoms. The van der Waals surface area contributed by atoms with Crippen molar-refractivity contribution in [2.24, 2.45) is 4.99 Å². The molecule has 0 unspecified atom stereocenters. The van der Waals surface area contributed by atoms with Crippen LogP contribution < -0.4 is 10.6 Å². The number of hydrogen-bond donors (Lipinski definition) is 2. The standard InChI is InChI=1S/C21H37N5O3/c1-4-20(29-15-1)5-8-24-21(22-6-2-9-25-11-16-27-17-12-25)23-7-3-10-26-13-18-28-19-14-26/h1,4,15H,2-3,5-14,16-19H2,(H2,22,23,24). The van der Waals surface area contributed by atoms with E-state index in [0.717, 1.165) is 116 Å². The third-order valence-corrected chi connectivity index (χ3v) is 5.30. The van der Waals surface area contributed by atoms with Gasteiger partial charge in [-0.25, -0.2) is 0 Å². The highest BCUT2D eigenvalue weighted by Gasteiger charge is 2.10. The molecule has 0 radical (unpaired) electrons. The summed E-state index contributed by atoms with van der Waals surface area (Å²) in [5, 5.41) is 6.94. The van der Waals surface area contributed by atoms with Crippen molar-refractivity contribution in [2.45, 2.75) is 19.3 Å². The fourth-order valence-electron chi connectivity index (χ4n) is 3.58. The first-order chi connectivity index (χ1) is 14.4. The second-order valence-electron chi connectivity index (χ2n) is 7.53. The number of ether oxygens (including phenoxy) is 2. The summed E-state index contributed by atoms with van der Waals surface area (Å²) in [5.74, 6) is 1.90. The summed E-state index contributed by atoms with van der Waals surface area (Å²) in [6, 6.07) is 3.94. The van der Waals surface area contributed by atoms with Crippen LogP contribution in [0.4, 0.5) is 0 Å². The lowest BCUT2D eigenvalue weighted by molar-refractivity contribution is 0.0376. The van der Waals surface area contributed by atoms with Gasteiger partial charge in [-0.15, -0.1) is 0 Å². The Kier molecular flexibility index (Phi) is 10.3. The van der Waals surface area contributed by atoms with E-state index in [-0.39, 0.29) is 0 Å². The minimum Gasteiger partial charge on any atom is -0.469 e. The average molecular weight is 408 g/mol. The van der Waals surface area contributed by atoms with Crippen LogP contribution in [0.2, 0.25) is 0 Å². The van der Waals surface area contributed by atoms with E-state index >= 15 is 0 Å². The zero-order chi connectivity index (χ0) is 20.0. The molecule has 2 N–H and O–H groups in total. The number of nitrogens with zero attached hydrogens (tertiary/aromatic N) is 3. The van der Waals surface area contributed by atoms with Crippen LogP contribution in [-0.2, 0) is 15.9 Å². The molecule has 0 bridgehead atoms. The van der Waals surface area contributed by atoms with Crippen LogP contribution in [0.5, 0.6) is 0 Å². The Hall–Kier alpha value is -1.61. The first kappa shape index (κ1) is 22.1. The quantitative estimate of drug-likeness (QED) is 0.319. The summed E-state index contributed by atoms with van der Waals surface area (Å²) in [5.41, 5.74) is 0. The molecular weight excluding hydrogens is 370 g/mol. The number of hydrogen-bond acceptors (Lipinski definition) is 6. The molecule has 3 heterocycles. The minimum absolute atomic E-state index is 0.812. The van der Waals surface area contributed by atoms with Gasteiger partial charge in [0.25, 0.3) is 0 Å². The lowest BCUT2D eigenvalue weighted by Crippen LogP contribution is -2.41. The second kappa shape index (κ2) is 13.6. The van der Waals surface area contributed by atoms with Gasteiger partial charge in [0.2, 0.25) is 0 Å². The molecule has 0 saturated carbocycles. The van der Waals surface area contributed by atoms with Crippen molar-refractivity contribution in [3.05, 3.63) is 24.2 Å². The van der Waals surface area contributed by atoms with E-state index in [9.17, 15) is 0 Å². The molecular formula is C21H37N5O3. The van der Waals surface area contributed by atoms with Crippen molar-refractivity contribution in [3.63, 3.8) is 0 Å². The normalized spacial score (nSPS) is 19.4. The van der Waals surface area contributed by atoms with E-state index < -0.39 is 0 Å². The minimum atomic E-state index is 0.812. The summed E-state index contributed by atoms with van der Waals surface area (Å²) < 4.78 is 16.2. The highest BCUT2D eigenvalue weighted by Crippen LogP contribution is 2.00. The number of morpholine rings is 2. The predicted molar refractivity (Wildman–Crippen MR) is 114 cm³/mol. The van der Waals surface area contributed by atoms with Crippen LogP contribution in [0.25, 0.3) is 0 Å². The van der Waals surface area contributed by atoms with Crippen LogP contribution >= 0.6 is 0 Å². The van der Waals surface area contributed by atoms with Crippen molar-refractivity contribution < 1.29 is 13.9 Å². The number of guanidine groups is 1. The van der Waals surface area contributed by atoms with E-state index in [4.69, 9.17) is 18.9 Å². The van der Waals surface area contributed by atoms with E-state index in [1.54, 1.807) is 6.26 Å². The van der Waals surface area contributed by atoms with Crippen LogP contribution in [-0.4, -0.2) is 101 Å². The summed E-state index contributed by atoms with van der Waals surface area (Å²) in [7, 11) is 0. The summed E-state index contributed by atoms with van der Waals surface area (Å²) >= 11 is 0. The van der Waals surface area contributed by atoms with Crippen LogP contribution in [0.15, 0.2) is 27.8 Å². The zero-order valence-corrected chi connectivity index (χ0v) is 17.6. The van der Waals surface area contributed by atoms with Gasteiger partial charge in [-0.1, -0.05) is 0 Å². The Bertz CT molecular complexity index is 555. The number of nitrogens with one attached hydrogen (secondary N) is 2. The molecule has 2 saturated heterocycles. The first-order valence-electron chi connectivity index (χ1n) is 11.0. The Labute approximate surface area is 174 Å². The third-order valence-electron chi connectivity index (χ3n) is 5.30. The second-order valence-corrected chi connectivity index (χ2v) is 7.53. The van der Waals surface area contributed by atoms with Gasteiger partial charge in [0.1, 0.15) is 5.76 Å². The number of furan rings is 1. The van der Waals surface area contributed by atoms with E-state index in [0.29, 0.717) is 0 Å². The molecule has 0 spiro atoms. The maximum absolute atomic E-state index is 5.41. The lowest BCUT2D eigenvalue weighted by atomic mass is 10.3. The summed E-state index contributed by atoms with van der Waals surface area (Å²) in [6.07, 6.45) is 4.75. The molecule has 2 fully saturated rings. The fourth-order valence-corrected chi connectivity index (χ4v) is 3.58. The third kappa shape index (κ3) is 9.16. The topological polar surface area (TPSA) is 74.5 Å². The van der Waals surface area contributed by atoms with Gasteiger partial charge in [-0.05, 0) is 31.5 Å². The molecule has 0 aromatic carbocycles. The van der Waals surface area contributed by atoms with Crippen LogP contribution in [0.3, 0.4) is 0 Å². The summed E-state index contributed by atoms with van der Waals surface area (Å²) in [4.78, 5) is 9.71. The van der Waals surface area contributed by atoms with Gasteiger partial charge in [-0.2, -0.15) is 0 Å². The lowest BCUT2D eigenvalue weighted by Gasteiger charge is -2.26. The van der Waals surface area contributed by atoms with E-state index in [2.05, 4.69) is 20.4 Å². The Morgan fingerprint density at radius 3 is 2.21 bits per heavy atom. The van der Waals surface area contributed by atoms with Crippen molar-refractivity contribution in [1.29, 1.82) is 0 Å². The van der Waals surface area contributed by atoms with Crippen molar-refractivity contribution >= 4 is 5.96 Å². The largest absolute Gasteiger partial charge is 0.469 e. The maximum Gasteiger partial charge on any atom is 0.191 e. The molecule has 0 aliphatic carbocycles. The van der Waals surface area contributed by atoms with Gasteiger partial charge < -0.3 is 24.5 Å². The van der Waals surface area contributed by atoms with Gasteiger partial charge in [0.15, 0.2) is 5.96 Å². The zero-order valence-electron chi connectivity index (χ0n) is 17.6. The highest BCUT2D eigenvalue weighted by atomic mass is 16.5. The van der Waals surface area contributed by atoms with Crippen LogP contribution in [0, 0.1) is 0 Å². The van der Waals surface area contributed by atoms with Gasteiger partial charge in [0.05, 0.1) is 32.7 Å². The first-order valence-corrected chi connectivity index (χ1v) is 11.0. The van der Waals surface area contributed by atoms with E-state index in [1.807, 2.05) is 12.1 Å².